The van der Waals surface area contributed by atoms with Gasteiger partial charge in [0, 0.05) is 7.05 Å². The average Bonchev–Trinajstić information content (AvgIpc) is 2.66. The van der Waals surface area contributed by atoms with Crippen LogP contribution >= 0.6 is 15.9 Å². The van der Waals surface area contributed by atoms with E-state index in [0.717, 1.165) is 26.2 Å². The first-order valence-electron chi connectivity index (χ1n) is 8.48. The van der Waals surface area contributed by atoms with Crippen LogP contribution in [0.3, 0.4) is 0 Å². The van der Waals surface area contributed by atoms with Gasteiger partial charge in [0.1, 0.15) is 10.2 Å². The third kappa shape index (κ3) is 9.90. The van der Waals surface area contributed by atoms with Crippen molar-refractivity contribution in [2.24, 2.45) is 0 Å². The molecule has 0 aromatic carbocycles. The highest BCUT2D eigenvalue weighted by atomic mass is 79.9. The van der Waals surface area contributed by atoms with Crippen molar-refractivity contribution in [2.45, 2.75) is 46.4 Å². The van der Waals surface area contributed by atoms with Crippen LogP contribution in [0.1, 0.15) is 50.7 Å². The number of pyridine rings is 1. The molecular weight excluding hydrogens is 477 g/mol. The maximum Gasteiger partial charge on any atom is 0.419 e. The van der Waals surface area contributed by atoms with Gasteiger partial charge in [-0.25, -0.2) is 14.6 Å². The van der Waals surface area contributed by atoms with Crippen molar-refractivity contribution in [3.05, 3.63) is 21.9 Å². The van der Waals surface area contributed by atoms with Crippen LogP contribution < -0.4 is 4.90 Å². The molecule has 0 aliphatic carbocycles. The number of carbonyl (C=O) groups excluding carboxylic acids is 3. The molecule has 1 aromatic rings. The summed E-state index contributed by atoms with van der Waals surface area (Å²) in [7, 11) is 3.23. The first kappa shape index (κ1) is 29.8. The SMILES string of the molecule is CC.CC(C)(C)OC=O.COC(=O)c1nc(Br)c(C(F)(F)F)cc1N(C)C(=O)OC. The van der Waals surface area contributed by atoms with Crippen molar-refractivity contribution in [2.75, 3.05) is 26.2 Å². The molecule has 1 heterocycles. The molecule has 0 aliphatic heterocycles. The van der Waals surface area contributed by atoms with E-state index in [4.69, 9.17) is 0 Å². The molecule has 8 nitrogen and oxygen atoms in total. The van der Waals surface area contributed by atoms with Gasteiger partial charge in [-0.05, 0) is 42.8 Å². The second-order valence-electron chi connectivity index (χ2n) is 6.04. The number of methoxy groups -OCH3 is 2. The Morgan fingerprint density at radius 1 is 1.13 bits per heavy atom. The number of anilines is 1. The van der Waals surface area contributed by atoms with E-state index in [2.05, 4.69) is 35.1 Å². The molecule has 0 aliphatic rings. The first-order chi connectivity index (χ1) is 13.7. The number of ether oxygens (including phenoxy) is 3. The molecule has 0 saturated carbocycles. The zero-order chi connectivity index (χ0) is 24.3. The average molecular weight is 503 g/mol. The van der Waals surface area contributed by atoms with Gasteiger partial charge >= 0.3 is 18.2 Å². The van der Waals surface area contributed by atoms with Gasteiger partial charge in [-0.15, -0.1) is 0 Å². The lowest BCUT2D eigenvalue weighted by Gasteiger charge is -2.20. The van der Waals surface area contributed by atoms with Gasteiger partial charge in [0.05, 0.1) is 25.5 Å². The minimum absolute atomic E-state index is 0.318. The number of alkyl halides is 3. The van der Waals surface area contributed by atoms with Crippen LogP contribution in [-0.2, 0) is 25.2 Å². The van der Waals surface area contributed by atoms with E-state index in [0.29, 0.717) is 12.5 Å². The lowest BCUT2D eigenvalue weighted by atomic mass is 10.2. The molecule has 0 N–H and O–H groups in total. The molecule has 30 heavy (non-hydrogen) atoms. The topological polar surface area (TPSA) is 95.0 Å². The van der Waals surface area contributed by atoms with Gasteiger partial charge in [0.25, 0.3) is 6.47 Å². The molecule has 172 valence electrons. The first-order valence-corrected chi connectivity index (χ1v) is 9.28. The van der Waals surface area contributed by atoms with Crippen LogP contribution in [0, 0.1) is 0 Å². The summed E-state index contributed by atoms with van der Waals surface area (Å²) in [5.74, 6) is -0.991. The van der Waals surface area contributed by atoms with Gasteiger partial charge in [-0.3, -0.25) is 9.69 Å². The van der Waals surface area contributed by atoms with Crippen LogP contribution in [0.25, 0.3) is 0 Å². The molecule has 0 spiro atoms. The van der Waals surface area contributed by atoms with E-state index < -0.39 is 34.1 Å². The third-order valence-electron chi connectivity index (χ3n) is 2.85. The summed E-state index contributed by atoms with van der Waals surface area (Å²) in [6.07, 6.45) is -5.68. The predicted molar refractivity (Wildman–Crippen MR) is 107 cm³/mol. The standard InChI is InChI=1S/C11H10BrF3N2O4.C5H10O2.C2H6/c1-17(10(19)21-3)6-4-5(11(13,14)15)8(12)16-7(6)9(18)20-2;1-5(2,3)7-4-6;1-2/h4H,1-3H3;4H,1-3H3;1-2H3. The lowest BCUT2D eigenvalue weighted by molar-refractivity contribution is -0.139. The van der Waals surface area contributed by atoms with Crippen molar-refractivity contribution in [1.29, 1.82) is 0 Å². The fourth-order valence-corrected chi connectivity index (χ4v) is 2.08. The van der Waals surface area contributed by atoms with E-state index in [1.807, 2.05) is 34.6 Å². The zero-order valence-corrected chi connectivity index (χ0v) is 19.6. The molecule has 12 heteroatoms. The van der Waals surface area contributed by atoms with Crippen molar-refractivity contribution in [3.63, 3.8) is 0 Å². The minimum atomic E-state index is -4.72. The summed E-state index contributed by atoms with van der Waals surface area (Å²) in [5.41, 5.74) is -2.29. The Morgan fingerprint density at radius 2 is 1.63 bits per heavy atom. The predicted octanol–water partition coefficient (Wildman–Crippen LogP) is 4.84. The highest BCUT2D eigenvalue weighted by Gasteiger charge is 2.36. The largest absolute Gasteiger partial charge is 0.464 e. The Kier molecular flexibility index (Phi) is 13.0. The number of halogens is 4. The number of amides is 1. The third-order valence-corrected chi connectivity index (χ3v) is 3.46. The summed E-state index contributed by atoms with van der Waals surface area (Å²) in [6.45, 7) is 9.92. The van der Waals surface area contributed by atoms with Crippen molar-refractivity contribution in [1.82, 2.24) is 4.98 Å². The molecule has 0 radical (unpaired) electrons. The van der Waals surface area contributed by atoms with E-state index in [9.17, 15) is 27.6 Å². The van der Waals surface area contributed by atoms with E-state index in [1.54, 1.807) is 0 Å². The number of esters is 1. The maximum atomic E-state index is 12.9. The molecule has 1 aromatic heterocycles. The van der Waals surface area contributed by atoms with Gasteiger partial charge in [0.15, 0.2) is 5.69 Å². The van der Waals surface area contributed by atoms with Crippen LogP contribution in [0.2, 0.25) is 0 Å². The molecule has 0 atom stereocenters. The number of aromatic nitrogens is 1. The van der Waals surface area contributed by atoms with Gasteiger partial charge in [-0.2, -0.15) is 13.2 Å². The molecule has 0 fully saturated rings. The second kappa shape index (κ2) is 13.0. The van der Waals surface area contributed by atoms with Gasteiger partial charge in [0.2, 0.25) is 0 Å². The number of hydrogen-bond donors (Lipinski definition) is 0. The number of hydrogen-bond acceptors (Lipinski definition) is 7. The van der Waals surface area contributed by atoms with E-state index in [-0.39, 0.29) is 11.3 Å². The monoisotopic (exact) mass is 502 g/mol. The zero-order valence-electron chi connectivity index (χ0n) is 18.0. The summed E-state index contributed by atoms with van der Waals surface area (Å²) >= 11 is 2.64. The second-order valence-corrected chi connectivity index (χ2v) is 6.79. The Labute approximate surface area is 181 Å². The maximum absolute atomic E-state index is 12.9. The van der Waals surface area contributed by atoms with Gasteiger partial charge < -0.3 is 14.2 Å². The van der Waals surface area contributed by atoms with E-state index >= 15 is 0 Å². The fraction of sp³-hybridized carbons (Fsp3) is 0.556. The minimum Gasteiger partial charge on any atom is -0.464 e. The van der Waals surface area contributed by atoms with Crippen molar-refractivity contribution in [3.8, 4) is 0 Å². The highest BCUT2D eigenvalue weighted by molar-refractivity contribution is 9.10. The highest BCUT2D eigenvalue weighted by Crippen LogP contribution is 2.37. The molecular formula is C18H26BrF3N2O6. The molecule has 0 unspecified atom stereocenters. The Balaban J connectivity index is 0. The smallest absolute Gasteiger partial charge is 0.419 e. The summed E-state index contributed by atoms with van der Waals surface area (Å²) in [5, 5.41) is 0. The Morgan fingerprint density at radius 3 is 1.93 bits per heavy atom. The van der Waals surface area contributed by atoms with Crippen molar-refractivity contribution >= 4 is 40.2 Å². The van der Waals surface area contributed by atoms with Crippen LogP contribution in [0.15, 0.2) is 10.7 Å². The summed E-state index contributed by atoms with van der Waals surface area (Å²) < 4.78 is 51.4. The Hall–Kier alpha value is -2.37. The molecule has 1 rings (SSSR count). The van der Waals surface area contributed by atoms with Crippen LogP contribution in [-0.4, -0.2) is 50.4 Å². The Bertz CT molecular complexity index is 721. The van der Waals surface area contributed by atoms with Crippen LogP contribution in [0.4, 0.5) is 23.7 Å². The number of nitrogens with zero attached hydrogens (tertiary/aromatic N) is 2. The fourth-order valence-electron chi connectivity index (χ4n) is 1.56. The van der Waals surface area contributed by atoms with Gasteiger partial charge in [-0.1, -0.05) is 13.8 Å². The quantitative estimate of drug-likeness (QED) is 0.252. The molecule has 0 saturated heterocycles. The summed E-state index contributed by atoms with van der Waals surface area (Å²) in [4.78, 5) is 36.9. The normalized spacial score (nSPS) is 10.4. The number of carbonyl (C=O) groups is 3. The number of rotatable bonds is 3. The lowest BCUT2D eigenvalue weighted by Crippen LogP contribution is -2.29. The molecule has 1 amide bonds. The summed E-state index contributed by atoms with van der Waals surface area (Å²) in [6, 6.07) is 0.611. The van der Waals surface area contributed by atoms with Crippen LogP contribution in [0.5, 0.6) is 0 Å². The van der Waals surface area contributed by atoms with E-state index in [1.165, 1.54) is 0 Å². The molecule has 0 bridgehead atoms. The van der Waals surface area contributed by atoms with Crippen molar-refractivity contribution < 1.29 is 41.8 Å².